The van der Waals surface area contributed by atoms with Crippen LogP contribution in [0.25, 0.3) is 0 Å². The highest BCUT2D eigenvalue weighted by Gasteiger charge is 2.78. The molecule has 2 fully saturated rings. The topological polar surface area (TPSA) is 63.6 Å². The zero-order valence-corrected chi connectivity index (χ0v) is 11.9. The predicted molar refractivity (Wildman–Crippen MR) is 70.4 cm³/mol. The smallest absolute Gasteiger partial charge is 0.189 e. The lowest BCUT2D eigenvalue weighted by molar-refractivity contribution is -0.186. The van der Waals surface area contributed by atoms with Crippen molar-refractivity contribution in [1.82, 2.24) is 0 Å². The molecule has 1 heterocycles. The highest BCUT2D eigenvalue weighted by molar-refractivity contribution is 7.93. The van der Waals surface area contributed by atoms with Gasteiger partial charge in [0.1, 0.15) is 4.75 Å². The van der Waals surface area contributed by atoms with E-state index in [0.717, 1.165) is 5.56 Å². The number of rotatable bonds is 3. The molecule has 1 aromatic carbocycles. The summed E-state index contributed by atoms with van der Waals surface area (Å²) in [7, 11) is -3.58. The van der Waals surface area contributed by atoms with Crippen molar-refractivity contribution in [3.05, 3.63) is 29.8 Å². The molecule has 1 aliphatic heterocycles. The van der Waals surface area contributed by atoms with E-state index in [0.29, 0.717) is 13.0 Å². The van der Waals surface area contributed by atoms with Crippen molar-refractivity contribution in [2.75, 3.05) is 6.61 Å². The monoisotopic (exact) mass is 282 g/mol. The predicted octanol–water partition coefficient (Wildman–Crippen LogP) is 1.66. The molecule has 104 valence electrons. The summed E-state index contributed by atoms with van der Waals surface area (Å²) in [6, 6.07) is 6.79. The molecule has 19 heavy (non-hydrogen) atoms. The van der Waals surface area contributed by atoms with Gasteiger partial charge in [0.15, 0.2) is 15.6 Å². The molecule has 1 aromatic rings. The van der Waals surface area contributed by atoms with Gasteiger partial charge in [-0.15, -0.1) is 0 Å². The third-order valence-electron chi connectivity index (χ3n) is 4.52. The molecule has 0 spiro atoms. The SMILES string of the molecule is CCC1(O)OC[C@@H]2C[C@@]21S(=O)(=O)c1ccc(C)cc1. The summed E-state index contributed by atoms with van der Waals surface area (Å²) in [4.78, 5) is 0.276. The summed E-state index contributed by atoms with van der Waals surface area (Å²) in [5.74, 6) is -1.62. The van der Waals surface area contributed by atoms with Crippen LogP contribution < -0.4 is 0 Å². The van der Waals surface area contributed by atoms with Gasteiger partial charge in [0, 0.05) is 12.3 Å². The fourth-order valence-corrected chi connectivity index (χ4v) is 5.67. The van der Waals surface area contributed by atoms with E-state index in [4.69, 9.17) is 4.74 Å². The van der Waals surface area contributed by atoms with Crippen LogP contribution in [0.2, 0.25) is 0 Å². The van der Waals surface area contributed by atoms with Crippen LogP contribution in [0.3, 0.4) is 0 Å². The largest absolute Gasteiger partial charge is 0.364 e. The zero-order chi connectivity index (χ0) is 13.9. The fourth-order valence-electron chi connectivity index (χ4n) is 3.21. The van der Waals surface area contributed by atoms with Crippen LogP contribution in [0.1, 0.15) is 25.3 Å². The van der Waals surface area contributed by atoms with Crippen LogP contribution >= 0.6 is 0 Å². The minimum absolute atomic E-state index is 0.0799. The van der Waals surface area contributed by atoms with Gasteiger partial charge in [0.25, 0.3) is 0 Å². The fraction of sp³-hybridized carbons (Fsp3) is 0.571. The second-order valence-corrected chi connectivity index (χ2v) is 7.76. The Hall–Kier alpha value is -0.910. The van der Waals surface area contributed by atoms with Gasteiger partial charge in [0.2, 0.25) is 0 Å². The molecule has 1 saturated carbocycles. The van der Waals surface area contributed by atoms with E-state index >= 15 is 0 Å². The second-order valence-electron chi connectivity index (χ2n) is 5.56. The molecule has 5 heteroatoms. The first kappa shape index (κ1) is 13.1. The van der Waals surface area contributed by atoms with Crippen molar-refractivity contribution in [2.45, 2.75) is 42.1 Å². The van der Waals surface area contributed by atoms with Gasteiger partial charge >= 0.3 is 0 Å². The number of fused-ring (bicyclic) bond motifs is 1. The Balaban J connectivity index is 2.09. The minimum atomic E-state index is -3.58. The Morgan fingerprint density at radius 2 is 2.00 bits per heavy atom. The number of ether oxygens (including phenoxy) is 1. The molecule has 1 unspecified atom stereocenters. The first-order valence-corrected chi connectivity index (χ1v) is 8.03. The minimum Gasteiger partial charge on any atom is -0.364 e. The summed E-state index contributed by atoms with van der Waals surface area (Å²) < 4.78 is 29.9. The van der Waals surface area contributed by atoms with E-state index in [2.05, 4.69) is 0 Å². The first-order valence-electron chi connectivity index (χ1n) is 6.55. The second kappa shape index (κ2) is 3.81. The maximum absolute atomic E-state index is 12.8. The third kappa shape index (κ3) is 1.49. The number of hydrogen-bond donors (Lipinski definition) is 1. The molecule has 0 amide bonds. The van der Waals surface area contributed by atoms with Gasteiger partial charge in [-0.3, -0.25) is 0 Å². The quantitative estimate of drug-likeness (QED) is 0.915. The number of hydrogen-bond acceptors (Lipinski definition) is 4. The highest BCUT2D eigenvalue weighted by atomic mass is 32.2. The standard InChI is InChI=1S/C14H18O4S/c1-3-14(15)13(8-11(13)9-18-14)19(16,17)12-6-4-10(2)5-7-12/h4-7,11,15H,3,8-9H2,1-2H3/t11-,13+,14?/m0/s1. The molecule has 0 aromatic heterocycles. The van der Waals surface area contributed by atoms with Gasteiger partial charge in [-0.25, -0.2) is 8.42 Å². The number of benzene rings is 1. The lowest BCUT2D eigenvalue weighted by Crippen LogP contribution is -2.48. The number of aliphatic hydroxyl groups is 1. The zero-order valence-electron chi connectivity index (χ0n) is 11.1. The van der Waals surface area contributed by atoms with E-state index in [9.17, 15) is 13.5 Å². The molecular weight excluding hydrogens is 264 g/mol. The maximum Gasteiger partial charge on any atom is 0.189 e. The summed E-state index contributed by atoms with van der Waals surface area (Å²) in [6.45, 7) is 4.00. The Morgan fingerprint density at radius 3 is 2.53 bits per heavy atom. The Bertz CT molecular complexity index is 607. The van der Waals surface area contributed by atoms with Gasteiger partial charge in [-0.2, -0.15) is 0 Å². The van der Waals surface area contributed by atoms with E-state index < -0.39 is 20.4 Å². The van der Waals surface area contributed by atoms with Crippen molar-refractivity contribution in [3.63, 3.8) is 0 Å². The first-order chi connectivity index (χ1) is 8.87. The van der Waals surface area contributed by atoms with Crippen LogP contribution in [0.5, 0.6) is 0 Å². The normalized spacial score (nSPS) is 37.1. The molecule has 1 saturated heterocycles. The Kier molecular flexibility index (Phi) is 2.62. The average Bonchev–Trinajstić information content (AvgIpc) is 3.07. The van der Waals surface area contributed by atoms with Crippen molar-refractivity contribution in [1.29, 1.82) is 0 Å². The van der Waals surface area contributed by atoms with Crippen molar-refractivity contribution in [3.8, 4) is 0 Å². The summed E-state index contributed by atoms with van der Waals surface area (Å²) in [6.07, 6.45) is 0.780. The van der Waals surface area contributed by atoms with Crippen LogP contribution in [0.4, 0.5) is 0 Å². The van der Waals surface area contributed by atoms with Crippen LogP contribution in [-0.2, 0) is 14.6 Å². The number of aryl methyl sites for hydroxylation is 1. The van der Waals surface area contributed by atoms with E-state index in [1.165, 1.54) is 0 Å². The van der Waals surface area contributed by atoms with Gasteiger partial charge in [0.05, 0.1) is 11.5 Å². The summed E-state index contributed by atoms with van der Waals surface area (Å²) in [5.41, 5.74) is 1.01. The highest BCUT2D eigenvalue weighted by Crippen LogP contribution is 2.64. The van der Waals surface area contributed by atoms with E-state index in [1.807, 2.05) is 6.92 Å². The van der Waals surface area contributed by atoms with Gasteiger partial charge in [-0.1, -0.05) is 24.6 Å². The molecule has 3 atom stereocenters. The molecule has 1 aliphatic carbocycles. The van der Waals surface area contributed by atoms with Crippen molar-refractivity contribution in [2.24, 2.45) is 5.92 Å². The molecule has 3 rings (SSSR count). The van der Waals surface area contributed by atoms with Crippen molar-refractivity contribution >= 4 is 9.84 Å². The molecular formula is C14H18O4S. The summed E-state index contributed by atoms with van der Waals surface area (Å²) in [5, 5.41) is 10.5. The van der Waals surface area contributed by atoms with E-state index in [-0.39, 0.29) is 17.2 Å². The lowest BCUT2D eigenvalue weighted by Gasteiger charge is -2.31. The Labute approximate surface area is 113 Å². The van der Waals surface area contributed by atoms with E-state index in [1.54, 1.807) is 31.2 Å². The molecule has 2 aliphatic rings. The van der Waals surface area contributed by atoms with Gasteiger partial charge < -0.3 is 9.84 Å². The maximum atomic E-state index is 12.8. The average molecular weight is 282 g/mol. The summed E-state index contributed by atoms with van der Waals surface area (Å²) >= 11 is 0. The van der Waals surface area contributed by atoms with Gasteiger partial charge in [-0.05, 0) is 25.5 Å². The van der Waals surface area contributed by atoms with Crippen LogP contribution in [-0.4, -0.2) is 30.7 Å². The van der Waals surface area contributed by atoms with Crippen molar-refractivity contribution < 1.29 is 18.3 Å². The molecule has 0 radical (unpaired) electrons. The number of sulfone groups is 1. The molecule has 0 bridgehead atoms. The molecule has 1 N–H and O–H groups in total. The molecule has 4 nitrogen and oxygen atoms in total. The third-order valence-corrected chi connectivity index (χ3v) is 7.19. The van der Waals surface area contributed by atoms with Crippen LogP contribution in [0.15, 0.2) is 29.2 Å². The van der Waals surface area contributed by atoms with Crippen LogP contribution in [0, 0.1) is 12.8 Å². The lowest BCUT2D eigenvalue weighted by atomic mass is 10.1. The Morgan fingerprint density at radius 1 is 1.37 bits per heavy atom.